The second-order valence-electron chi connectivity index (χ2n) is 3.76. The van der Waals surface area contributed by atoms with Crippen LogP contribution in [0.3, 0.4) is 0 Å². The highest BCUT2D eigenvalue weighted by molar-refractivity contribution is 7.99. The second kappa shape index (κ2) is 6.22. The van der Waals surface area contributed by atoms with Gasteiger partial charge in [-0.1, -0.05) is 0 Å². The molecule has 6 heteroatoms. The molecule has 2 unspecified atom stereocenters. The quantitative estimate of drug-likeness (QED) is 0.805. The number of nitrogens with two attached hydrogens (primary N) is 2. The number of carbonyl (C=O) groups is 1. The van der Waals surface area contributed by atoms with Crippen LogP contribution < -0.4 is 11.5 Å². The zero-order valence-corrected chi connectivity index (χ0v) is 11.1. The summed E-state index contributed by atoms with van der Waals surface area (Å²) in [6.07, 6.45) is 5.41. The number of nitrogens with zero attached hydrogens (tertiary/aromatic N) is 1. The van der Waals surface area contributed by atoms with Crippen LogP contribution in [0, 0.1) is 0 Å². The molecule has 0 aliphatic carbocycles. The largest absolute Gasteiger partial charge is 0.365 e. The lowest BCUT2D eigenvalue weighted by molar-refractivity contribution is 0.100. The Balaban J connectivity index is 2.59. The van der Waals surface area contributed by atoms with E-state index in [2.05, 4.69) is 11.2 Å². The Bertz CT molecular complexity index is 352. The maximum atomic E-state index is 10.9. The van der Waals surface area contributed by atoms with Gasteiger partial charge in [-0.05, 0) is 19.6 Å². The predicted octanol–water partition coefficient (Wildman–Crippen LogP) is 1.25. The lowest BCUT2D eigenvalue weighted by Gasteiger charge is -2.14. The summed E-state index contributed by atoms with van der Waals surface area (Å²) in [7, 11) is 0. The zero-order valence-electron chi connectivity index (χ0n) is 9.47. The highest BCUT2D eigenvalue weighted by Crippen LogP contribution is 2.21. The molecule has 1 heterocycles. The third-order valence-electron chi connectivity index (χ3n) is 2.17. The van der Waals surface area contributed by atoms with Gasteiger partial charge in [0.1, 0.15) is 4.88 Å². The first-order chi connectivity index (χ1) is 7.52. The number of amides is 1. The zero-order chi connectivity index (χ0) is 12.1. The first kappa shape index (κ1) is 13.5. The normalized spacial score (nSPS) is 14.7. The molecule has 90 valence electrons. The third-order valence-corrected chi connectivity index (χ3v) is 4.23. The molecule has 0 aliphatic rings. The van der Waals surface area contributed by atoms with Crippen molar-refractivity contribution in [3.63, 3.8) is 0 Å². The van der Waals surface area contributed by atoms with Crippen LogP contribution in [-0.4, -0.2) is 28.4 Å². The summed E-state index contributed by atoms with van der Waals surface area (Å²) in [5.74, 6) is -0.406. The summed E-state index contributed by atoms with van der Waals surface area (Å²) >= 11 is 3.15. The third kappa shape index (κ3) is 4.11. The molecule has 4 N–H and O–H groups in total. The lowest BCUT2D eigenvalue weighted by Crippen LogP contribution is -2.22. The standard InChI is InChI=1S/C10H17N3OS2/c1-6(11)3-7(15-2)4-9-13-5-8(16-9)10(12)14/h5-7H,3-4,11H2,1-2H3,(H2,12,14). The molecule has 1 amide bonds. The van der Waals surface area contributed by atoms with Crippen molar-refractivity contribution in [2.24, 2.45) is 11.5 Å². The van der Waals surface area contributed by atoms with E-state index in [1.165, 1.54) is 11.3 Å². The summed E-state index contributed by atoms with van der Waals surface area (Å²) in [5.41, 5.74) is 10.9. The molecule has 1 aromatic heterocycles. The number of hydrogen-bond donors (Lipinski definition) is 2. The SMILES string of the molecule is CSC(Cc1ncc(C(N)=O)s1)CC(C)N. The monoisotopic (exact) mass is 259 g/mol. The van der Waals surface area contributed by atoms with Crippen molar-refractivity contribution < 1.29 is 4.79 Å². The molecule has 4 nitrogen and oxygen atoms in total. The molecule has 0 aliphatic heterocycles. The average Bonchev–Trinajstić information content (AvgIpc) is 2.64. The van der Waals surface area contributed by atoms with Gasteiger partial charge in [-0.3, -0.25) is 4.79 Å². The van der Waals surface area contributed by atoms with Gasteiger partial charge in [-0.2, -0.15) is 11.8 Å². The van der Waals surface area contributed by atoms with E-state index >= 15 is 0 Å². The highest BCUT2D eigenvalue weighted by Gasteiger charge is 2.14. The Morgan fingerprint density at radius 1 is 1.69 bits per heavy atom. The molecule has 0 radical (unpaired) electrons. The Labute approximate surface area is 104 Å². The van der Waals surface area contributed by atoms with Gasteiger partial charge in [-0.25, -0.2) is 4.98 Å². The second-order valence-corrected chi connectivity index (χ2v) is 6.01. The summed E-state index contributed by atoms with van der Waals surface area (Å²) in [4.78, 5) is 15.6. The molecule has 0 saturated heterocycles. The van der Waals surface area contributed by atoms with E-state index in [-0.39, 0.29) is 6.04 Å². The van der Waals surface area contributed by atoms with E-state index in [0.29, 0.717) is 10.1 Å². The predicted molar refractivity (Wildman–Crippen MR) is 69.9 cm³/mol. The van der Waals surface area contributed by atoms with E-state index in [0.717, 1.165) is 17.8 Å². The first-order valence-electron chi connectivity index (χ1n) is 5.05. The Hall–Kier alpha value is -0.590. The summed E-state index contributed by atoms with van der Waals surface area (Å²) in [6, 6.07) is 0.188. The maximum Gasteiger partial charge on any atom is 0.260 e. The van der Waals surface area contributed by atoms with E-state index < -0.39 is 5.91 Å². The fraction of sp³-hybridized carbons (Fsp3) is 0.600. The molecule has 0 aromatic carbocycles. The van der Waals surface area contributed by atoms with Crippen LogP contribution in [0.1, 0.15) is 28.0 Å². The van der Waals surface area contributed by atoms with E-state index in [1.54, 1.807) is 18.0 Å². The van der Waals surface area contributed by atoms with Gasteiger partial charge in [0.2, 0.25) is 0 Å². The number of thiazole rings is 1. The van der Waals surface area contributed by atoms with Crippen molar-refractivity contribution in [3.8, 4) is 0 Å². The number of primary amides is 1. The van der Waals surface area contributed by atoms with Gasteiger partial charge in [0, 0.05) is 17.7 Å². The van der Waals surface area contributed by atoms with Crippen LogP contribution in [0.4, 0.5) is 0 Å². The first-order valence-corrected chi connectivity index (χ1v) is 7.16. The van der Waals surface area contributed by atoms with Gasteiger partial charge in [0.25, 0.3) is 5.91 Å². The minimum Gasteiger partial charge on any atom is -0.365 e. The number of thioether (sulfide) groups is 1. The van der Waals surface area contributed by atoms with Crippen molar-refractivity contribution in [1.29, 1.82) is 0 Å². The van der Waals surface area contributed by atoms with Gasteiger partial charge in [0.05, 0.1) is 11.2 Å². The van der Waals surface area contributed by atoms with Gasteiger partial charge < -0.3 is 11.5 Å². The number of rotatable bonds is 6. The van der Waals surface area contributed by atoms with Crippen LogP contribution in [0.5, 0.6) is 0 Å². The Kier molecular flexibility index (Phi) is 5.24. The minimum atomic E-state index is -0.406. The van der Waals surface area contributed by atoms with Crippen molar-refractivity contribution >= 4 is 29.0 Å². The topological polar surface area (TPSA) is 82.0 Å². The van der Waals surface area contributed by atoms with Crippen molar-refractivity contribution in [3.05, 3.63) is 16.1 Å². The summed E-state index contributed by atoms with van der Waals surface area (Å²) in [6.45, 7) is 2.00. The molecule has 1 rings (SSSR count). The molecule has 0 fully saturated rings. The lowest BCUT2D eigenvalue weighted by atomic mass is 10.1. The molecule has 0 saturated carbocycles. The van der Waals surface area contributed by atoms with Crippen LogP contribution in [-0.2, 0) is 6.42 Å². The summed E-state index contributed by atoms with van der Waals surface area (Å²) < 4.78 is 0. The molecular weight excluding hydrogens is 242 g/mol. The van der Waals surface area contributed by atoms with Crippen molar-refractivity contribution in [1.82, 2.24) is 4.98 Å². The molecular formula is C10H17N3OS2. The van der Waals surface area contributed by atoms with Gasteiger partial charge in [0.15, 0.2) is 0 Å². The smallest absolute Gasteiger partial charge is 0.260 e. The maximum absolute atomic E-state index is 10.9. The van der Waals surface area contributed by atoms with Crippen LogP contribution in [0.15, 0.2) is 6.20 Å². The minimum absolute atomic E-state index is 0.188. The van der Waals surface area contributed by atoms with Gasteiger partial charge in [-0.15, -0.1) is 11.3 Å². The fourth-order valence-corrected chi connectivity index (χ4v) is 3.17. The molecule has 2 atom stereocenters. The highest BCUT2D eigenvalue weighted by atomic mass is 32.2. The van der Waals surface area contributed by atoms with Crippen molar-refractivity contribution in [2.45, 2.75) is 31.1 Å². The summed E-state index contributed by atoms with van der Waals surface area (Å²) in [5, 5.41) is 1.40. The van der Waals surface area contributed by atoms with E-state index in [9.17, 15) is 4.79 Å². The van der Waals surface area contributed by atoms with Crippen LogP contribution in [0.2, 0.25) is 0 Å². The van der Waals surface area contributed by atoms with Gasteiger partial charge >= 0.3 is 0 Å². The van der Waals surface area contributed by atoms with E-state index in [4.69, 9.17) is 11.5 Å². The molecule has 16 heavy (non-hydrogen) atoms. The van der Waals surface area contributed by atoms with Crippen molar-refractivity contribution in [2.75, 3.05) is 6.26 Å². The fourth-order valence-electron chi connectivity index (χ4n) is 1.39. The Morgan fingerprint density at radius 3 is 2.81 bits per heavy atom. The average molecular weight is 259 g/mol. The molecule has 0 bridgehead atoms. The number of aromatic nitrogens is 1. The Morgan fingerprint density at radius 2 is 2.38 bits per heavy atom. The number of hydrogen-bond acceptors (Lipinski definition) is 5. The molecule has 0 spiro atoms. The number of carbonyl (C=O) groups excluding carboxylic acids is 1. The van der Waals surface area contributed by atoms with Crippen LogP contribution >= 0.6 is 23.1 Å². The van der Waals surface area contributed by atoms with E-state index in [1.807, 2.05) is 6.92 Å². The molecule has 1 aromatic rings. The van der Waals surface area contributed by atoms with Crippen LogP contribution in [0.25, 0.3) is 0 Å².